The number of hydrazone groups is 1. The Morgan fingerprint density at radius 2 is 1.69 bits per heavy atom. The predicted octanol–water partition coefficient (Wildman–Crippen LogP) is 0.653. The number of anilines is 1. The molecule has 2 saturated heterocycles. The van der Waals surface area contributed by atoms with Gasteiger partial charge in [0.25, 0.3) is 0 Å². The number of morpholine rings is 2. The first-order chi connectivity index (χ1) is 12.8. The summed E-state index contributed by atoms with van der Waals surface area (Å²) in [5.41, 5.74) is 5.12. The first-order valence-corrected chi connectivity index (χ1v) is 9.52. The highest BCUT2D eigenvalue weighted by Gasteiger charge is 2.11. The molecule has 7 nitrogen and oxygen atoms in total. The lowest BCUT2D eigenvalue weighted by atomic mass is 10.2. The Hall–Kier alpha value is -1.74. The molecule has 142 valence electrons. The van der Waals surface area contributed by atoms with E-state index < -0.39 is 0 Å². The number of nitrogens with one attached hydrogen (secondary N) is 2. The zero-order chi connectivity index (χ0) is 18.0. The maximum Gasteiger partial charge on any atom is 0.187 e. The van der Waals surface area contributed by atoms with E-state index in [-0.39, 0.29) is 0 Å². The van der Waals surface area contributed by atoms with Crippen LogP contribution in [0.3, 0.4) is 0 Å². The molecule has 8 heteroatoms. The van der Waals surface area contributed by atoms with Crippen LogP contribution in [-0.2, 0) is 9.47 Å². The first-order valence-electron chi connectivity index (χ1n) is 9.11. The Balaban J connectivity index is 1.35. The van der Waals surface area contributed by atoms with E-state index in [1.54, 1.807) is 6.21 Å². The fourth-order valence-electron chi connectivity index (χ4n) is 2.95. The van der Waals surface area contributed by atoms with Gasteiger partial charge in [0.2, 0.25) is 0 Å². The van der Waals surface area contributed by atoms with Crippen LogP contribution < -0.4 is 15.6 Å². The molecule has 1 aromatic rings. The van der Waals surface area contributed by atoms with Crippen LogP contribution in [-0.4, -0.2) is 81.9 Å². The molecule has 0 unspecified atom stereocenters. The summed E-state index contributed by atoms with van der Waals surface area (Å²) >= 11 is 5.24. The number of hydrogen-bond acceptors (Lipinski definition) is 6. The van der Waals surface area contributed by atoms with Crippen LogP contribution in [0.25, 0.3) is 0 Å². The molecular weight excluding hydrogens is 350 g/mol. The van der Waals surface area contributed by atoms with Gasteiger partial charge >= 0.3 is 0 Å². The lowest BCUT2D eigenvalue weighted by molar-refractivity contribution is 0.0389. The molecule has 0 aliphatic carbocycles. The summed E-state index contributed by atoms with van der Waals surface area (Å²) < 4.78 is 10.7. The molecule has 0 spiro atoms. The van der Waals surface area contributed by atoms with Gasteiger partial charge in [0.1, 0.15) is 0 Å². The van der Waals surface area contributed by atoms with Crippen molar-refractivity contribution < 1.29 is 9.47 Å². The second-order valence-corrected chi connectivity index (χ2v) is 6.68. The molecule has 26 heavy (non-hydrogen) atoms. The third-order valence-electron chi connectivity index (χ3n) is 4.47. The van der Waals surface area contributed by atoms with E-state index in [1.807, 2.05) is 0 Å². The molecule has 0 atom stereocenters. The molecule has 0 amide bonds. The lowest BCUT2D eigenvalue weighted by Gasteiger charge is -2.28. The van der Waals surface area contributed by atoms with Gasteiger partial charge in [0, 0.05) is 45.0 Å². The maximum absolute atomic E-state index is 5.39. The van der Waals surface area contributed by atoms with Crippen LogP contribution in [0.4, 0.5) is 5.69 Å². The molecule has 3 rings (SSSR count). The third kappa shape index (κ3) is 6.21. The summed E-state index contributed by atoms with van der Waals surface area (Å²) in [7, 11) is 0. The SMILES string of the molecule is S=C(NCCN1CCOCC1)N/N=C/c1ccc(N2CCOCC2)cc1. The molecule has 1 aromatic carbocycles. The van der Waals surface area contributed by atoms with E-state index in [0.29, 0.717) is 5.11 Å². The highest BCUT2D eigenvalue weighted by Crippen LogP contribution is 2.15. The summed E-state index contributed by atoms with van der Waals surface area (Å²) in [6, 6.07) is 8.35. The van der Waals surface area contributed by atoms with Gasteiger partial charge < -0.3 is 19.7 Å². The van der Waals surface area contributed by atoms with Crippen molar-refractivity contribution in [3.8, 4) is 0 Å². The molecular formula is C18H27N5O2S. The normalized spacial score (nSPS) is 18.8. The van der Waals surface area contributed by atoms with Gasteiger partial charge in [-0.15, -0.1) is 0 Å². The molecule has 2 fully saturated rings. The van der Waals surface area contributed by atoms with E-state index in [9.17, 15) is 0 Å². The van der Waals surface area contributed by atoms with Crippen molar-refractivity contribution in [2.75, 3.05) is 70.6 Å². The fourth-order valence-corrected chi connectivity index (χ4v) is 3.10. The molecule has 0 aromatic heterocycles. The zero-order valence-corrected chi connectivity index (χ0v) is 15.8. The van der Waals surface area contributed by atoms with Crippen LogP contribution >= 0.6 is 12.2 Å². The van der Waals surface area contributed by atoms with Gasteiger partial charge in [-0.2, -0.15) is 5.10 Å². The van der Waals surface area contributed by atoms with Crippen molar-refractivity contribution in [2.24, 2.45) is 5.10 Å². The zero-order valence-electron chi connectivity index (χ0n) is 15.0. The molecule has 0 bridgehead atoms. The molecule has 0 radical (unpaired) electrons. The van der Waals surface area contributed by atoms with Crippen LogP contribution in [0.2, 0.25) is 0 Å². The maximum atomic E-state index is 5.39. The summed E-state index contributed by atoms with van der Waals surface area (Å²) in [5.74, 6) is 0. The number of benzene rings is 1. The summed E-state index contributed by atoms with van der Waals surface area (Å²) in [4.78, 5) is 4.69. The monoisotopic (exact) mass is 377 g/mol. The van der Waals surface area contributed by atoms with Crippen LogP contribution in [0, 0.1) is 0 Å². The van der Waals surface area contributed by atoms with Crippen molar-refractivity contribution in [2.45, 2.75) is 0 Å². The van der Waals surface area contributed by atoms with Crippen LogP contribution in [0.15, 0.2) is 29.4 Å². The molecule has 2 aliphatic rings. The van der Waals surface area contributed by atoms with Gasteiger partial charge in [0.05, 0.1) is 32.6 Å². The van der Waals surface area contributed by atoms with E-state index >= 15 is 0 Å². The summed E-state index contributed by atoms with van der Waals surface area (Å²) in [5, 5.41) is 7.92. The van der Waals surface area contributed by atoms with Crippen molar-refractivity contribution in [1.82, 2.24) is 15.6 Å². The lowest BCUT2D eigenvalue weighted by Crippen LogP contribution is -2.42. The van der Waals surface area contributed by atoms with Gasteiger partial charge in [-0.1, -0.05) is 12.1 Å². The minimum Gasteiger partial charge on any atom is -0.379 e. The topological polar surface area (TPSA) is 61.4 Å². The van der Waals surface area contributed by atoms with E-state index in [2.05, 4.69) is 49.9 Å². The van der Waals surface area contributed by atoms with Crippen LogP contribution in [0.5, 0.6) is 0 Å². The van der Waals surface area contributed by atoms with Gasteiger partial charge in [-0.3, -0.25) is 10.3 Å². The van der Waals surface area contributed by atoms with Gasteiger partial charge in [-0.05, 0) is 29.9 Å². The van der Waals surface area contributed by atoms with Crippen molar-refractivity contribution in [1.29, 1.82) is 0 Å². The fraction of sp³-hybridized carbons (Fsp3) is 0.556. The predicted molar refractivity (Wildman–Crippen MR) is 108 cm³/mol. The highest BCUT2D eigenvalue weighted by molar-refractivity contribution is 7.80. The first kappa shape index (κ1) is 19.0. The standard InChI is InChI=1S/C18H27N5O2S/c26-18(19-5-6-22-7-11-24-12-8-22)21-20-15-16-1-3-17(4-2-16)23-9-13-25-14-10-23/h1-4,15H,5-14H2,(H2,19,21,26)/b20-15+. The van der Waals surface area contributed by atoms with E-state index in [0.717, 1.165) is 71.3 Å². The Bertz CT molecular complexity index is 584. The summed E-state index contributed by atoms with van der Waals surface area (Å²) in [6.07, 6.45) is 1.78. The smallest absolute Gasteiger partial charge is 0.187 e. The summed E-state index contributed by atoms with van der Waals surface area (Å²) in [6.45, 7) is 8.84. The van der Waals surface area contributed by atoms with Crippen molar-refractivity contribution >= 4 is 29.2 Å². The molecule has 2 heterocycles. The number of thiocarbonyl (C=S) groups is 1. The Morgan fingerprint density at radius 1 is 1.04 bits per heavy atom. The van der Waals surface area contributed by atoms with Crippen molar-refractivity contribution in [3.63, 3.8) is 0 Å². The second kappa shape index (κ2) is 10.4. The quantitative estimate of drug-likeness (QED) is 0.429. The number of hydrogen-bond donors (Lipinski definition) is 2. The molecule has 0 saturated carbocycles. The Labute approximate surface area is 160 Å². The number of nitrogens with zero attached hydrogens (tertiary/aromatic N) is 3. The largest absolute Gasteiger partial charge is 0.379 e. The second-order valence-electron chi connectivity index (χ2n) is 6.27. The number of ether oxygens (including phenoxy) is 2. The van der Waals surface area contributed by atoms with Gasteiger partial charge in [-0.25, -0.2) is 0 Å². The Kier molecular flexibility index (Phi) is 7.63. The molecule has 2 N–H and O–H groups in total. The van der Waals surface area contributed by atoms with E-state index in [1.165, 1.54) is 5.69 Å². The average Bonchev–Trinajstić information content (AvgIpc) is 2.70. The van der Waals surface area contributed by atoms with Crippen LogP contribution in [0.1, 0.15) is 5.56 Å². The highest BCUT2D eigenvalue weighted by atomic mass is 32.1. The van der Waals surface area contributed by atoms with Crippen molar-refractivity contribution in [3.05, 3.63) is 29.8 Å². The molecule has 2 aliphatic heterocycles. The van der Waals surface area contributed by atoms with Gasteiger partial charge in [0.15, 0.2) is 5.11 Å². The minimum atomic E-state index is 0.541. The minimum absolute atomic E-state index is 0.541. The average molecular weight is 378 g/mol. The Morgan fingerprint density at radius 3 is 2.38 bits per heavy atom. The third-order valence-corrected chi connectivity index (χ3v) is 4.70. The number of rotatable bonds is 6. The van der Waals surface area contributed by atoms with E-state index in [4.69, 9.17) is 21.7 Å².